The monoisotopic (exact) mass is 463 g/mol. The zero-order valence-electron chi connectivity index (χ0n) is 15.8. The molecule has 8 heteroatoms. The molecule has 1 aromatic heterocycles. The number of hydrogen-bond donors (Lipinski definition) is 2. The molecule has 1 aromatic carbocycles. The first kappa shape index (κ1) is 22.4. The van der Waals surface area contributed by atoms with Gasteiger partial charge >= 0.3 is 5.97 Å². The van der Waals surface area contributed by atoms with Gasteiger partial charge in [0, 0.05) is 34.8 Å². The van der Waals surface area contributed by atoms with Crippen LogP contribution in [0.4, 0.5) is 14.6 Å². The number of hydrogen-bond acceptors (Lipinski definition) is 3. The molecule has 2 aromatic rings. The fourth-order valence-corrected chi connectivity index (χ4v) is 2.91. The molecule has 0 saturated carbocycles. The molecule has 2 rings (SSSR count). The molecule has 0 amide bonds. The summed E-state index contributed by atoms with van der Waals surface area (Å²) in [6, 6.07) is 5.42. The Morgan fingerprint density at radius 1 is 1.34 bits per heavy atom. The van der Waals surface area contributed by atoms with E-state index >= 15 is 0 Å². The van der Waals surface area contributed by atoms with Crippen molar-refractivity contribution in [2.75, 3.05) is 5.32 Å². The fourth-order valence-electron chi connectivity index (χ4n) is 2.55. The molecule has 0 aliphatic heterocycles. The third-order valence-corrected chi connectivity index (χ3v) is 4.60. The van der Waals surface area contributed by atoms with Gasteiger partial charge in [0.2, 0.25) is 0 Å². The minimum atomic E-state index is -0.916. The smallest absolute Gasteiger partial charge is 0.303 e. The zero-order valence-corrected chi connectivity index (χ0v) is 17.3. The van der Waals surface area contributed by atoms with E-state index in [0.717, 1.165) is 0 Å². The Kier molecular flexibility index (Phi) is 8.21. The van der Waals surface area contributed by atoms with Crippen LogP contribution in [0.5, 0.6) is 0 Å². The molecule has 29 heavy (non-hydrogen) atoms. The summed E-state index contributed by atoms with van der Waals surface area (Å²) in [5.41, 5.74) is 1.17. The highest BCUT2D eigenvalue weighted by molar-refractivity contribution is 9.10. The van der Waals surface area contributed by atoms with Crippen molar-refractivity contribution in [3.8, 4) is 0 Å². The highest BCUT2D eigenvalue weighted by Gasteiger charge is 2.12. The number of carboxylic acid groups (broad SMARTS) is 1. The van der Waals surface area contributed by atoms with Gasteiger partial charge in [0.1, 0.15) is 23.3 Å². The van der Waals surface area contributed by atoms with E-state index in [4.69, 9.17) is 5.11 Å². The first-order valence-electron chi connectivity index (χ1n) is 8.73. The molecule has 152 valence electrons. The van der Waals surface area contributed by atoms with Gasteiger partial charge in [0.05, 0.1) is 6.42 Å². The maximum atomic E-state index is 14.0. The number of nitrogens with one attached hydrogen (secondary N) is 1. The molecule has 0 atom stereocenters. The summed E-state index contributed by atoms with van der Waals surface area (Å²) in [6.07, 6.45) is 4.96. The van der Waals surface area contributed by atoms with Crippen LogP contribution in [0.2, 0.25) is 0 Å². The van der Waals surface area contributed by atoms with Crippen LogP contribution in [0.3, 0.4) is 0 Å². The minimum absolute atomic E-state index is 0.0272. The van der Waals surface area contributed by atoms with Gasteiger partial charge in [-0.15, -0.1) is 0 Å². The van der Waals surface area contributed by atoms with E-state index in [1.807, 2.05) is 0 Å². The third kappa shape index (κ3) is 6.90. The van der Waals surface area contributed by atoms with Crippen LogP contribution < -0.4 is 5.32 Å². The Bertz CT molecular complexity index is 954. The number of aliphatic carboxylic acids is 1. The molecule has 0 unspecified atom stereocenters. The van der Waals surface area contributed by atoms with Crippen LogP contribution in [-0.4, -0.2) is 21.9 Å². The fraction of sp³-hybridized carbons (Fsp3) is 0.190. The first-order valence-corrected chi connectivity index (χ1v) is 9.52. The van der Waals surface area contributed by atoms with Crippen LogP contribution >= 0.6 is 15.9 Å². The lowest BCUT2D eigenvalue weighted by Crippen LogP contribution is -2.10. The number of anilines is 1. The molecule has 5 nitrogen and oxygen atoms in total. The molecular formula is C21H20BrF2N3O2. The molecule has 0 saturated heterocycles. The number of benzene rings is 1. The van der Waals surface area contributed by atoms with Crippen LogP contribution in [0.1, 0.15) is 30.9 Å². The van der Waals surface area contributed by atoms with E-state index in [1.54, 1.807) is 19.1 Å². The van der Waals surface area contributed by atoms with Crippen molar-refractivity contribution in [1.29, 1.82) is 0 Å². The molecule has 0 bridgehead atoms. The summed E-state index contributed by atoms with van der Waals surface area (Å²) in [7, 11) is 0. The number of aliphatic imine (C=N–C) groups is 1. The topological polar surface area (TPSA) is 74.6 Å². The summed E-state index contributed by atoms with van der Waals surface area (Å²) < 4.78 is 28.5. The van der Waals surface area contributed by atoms with Gasteiger partial charge in [-0.2, -0.15) is 0 Å². The van der Waals surface area contributed by atoms with E-state index in [-0.39, 0.29) is 24.8 Å². The summed E-state index contributed by atoms with van der Waals surface area (Å²) in [5.74, 6) is -1.21. The molecular weight excluding hydrogens is 444 g/mol. The third-order valence-electron chi connectivity index (χ3n) is 3.89. The van der Waals surface area contributed by atoms with Crippen molar-refractivity contribution in [2.45, 2.75) is 26.2 Å². The molecule has 0 aliphatic rings. The maximum absolute atomic E-state index is 14.0. The molecule has 0 radical (unpaired) electrons. The number of carbonyl (C=O) groups is 1. The Labute approximate surface area is 176 Å². The molecule has 0 fully saturated rings. The molecule has 2 N–H and O–H groups in total. The quantitative estimate of drug-likeness (QED) is 0.308. The summed E-state index contributed by atoms with van der Waals surface area (Å²) >= 11 is 3.36. The number of carboxylic acids is 1. The summed E-state index contributed by atoms with van der Waals surface area (Å²) in [5, 5.41) is 11.8. The van der Waals surface area contributed by atoms with Gasteiger partial charge in [-0.05, 0) is 52.7 Å². The van der Waals surface area contributed by atoms with Crippen molar-refractivity contribution in [3.05, 3.63) is 82.1 Å². The highest BCUT2D eigenvalue weighted by Crippen LogP contribution is 2.24. The van der Waals surface area contributed by atoms with Gasteiger partial charge in [0.25, 0.3) is 0 Å². The summed E-state index contributed by atoms with van der Waals surface area (Å²) in [4.78, 5) is 19.4. The van der Waals surface area contributed by atoms with Gasteiger partial charge in [-0.1, -0.05) is 18.7 Å². The Hall–Kier alpha value is -2.87. The SMILES string of the molecule is C=C/C=C(CCC(=O)O)\N=C(/C)Nc1cc(Cc2c(F)cccc2F)c(Br)cn1. The van der Waals surface area contributed by atoms with Crippen molar-refractivity contribution in [1.82, 2.24) is 4.98 Å². The van der Waals surface area contributed by atoms with E-state index in [1.165, 1.54) is 30.5 Å². The number of aromatic nitrogens is 1. The average Bonchev–Trinajstić information content (AvgIpc) is 2.65. The van der Waals surface area contributed by atoms with Crippen LogP contribution in [0, 0.1) is 11.6 Å². The van der Waals surface area contributed by atoms with E-state index in [9.17, 15) is 13.6 Å². The Morgan fingerprint density at radius 2 is 2.03 bits per heavy atom. The number of halogens is 3. The lowest BCUT2D eigenvalue weighted by atomic mass is 10.0. The average molecular weight is 464 g/mol. The van der Waals surface area contributed by atoms with Gasteiger partial charge in [-0.3, -0.25) is 4.79 Å². The Balaban J connectivity index is 2.21. The van der Waals surface area contributed by atoms with Crippen LogP contribution in [0.15, 0.2) is 64.4 Å². The lowest BCUT2D eigenvalue weighted by molar-refractivity contribution is -0.136. The lowest BCUT2D eigenvalue weighted by Gasteiger charge is -2.11. The van der Waals surface area contributed by atoms with Crippen molar-refractivity contribution in [3.63, 3.8) is 0 Å². The van der Waals surface area contributed by atoms with E-state index < -0.39 is 17.6 Å². The minimum Gasteiger partial charge on any atom is -0.481 e. The zero-order chi connectivity index (χ0) is 21.4. The normalized spacial score (nSPS) is 12.0. The maximum Gasteiger partial charge on any atom is 0.303 e. The van der Waals surface area contributed by atoms with Crippen molar-refractivity contribution >= 4 is 33.6 Å². The van der Waals surface area contributed by atoms with Crippen molar-refractivity contribution < 1.29 is 18.7 Å². The Morgan fingerprint density at radius 3 is 2.66 bits per heavy atom. The molecule has 1 heterocycles. The van der Waals surface area contributed by atoms with Gasteiger partial charge < -0.3 is 10.4 Å². The first-order chi connectivity index (χ1) is 13.8. The standard InChI is InChI=1S/C21H20BrF2N3O2/c1-3-5-15(8-9-21(28)29)26-13(2)27-20-11-14(17(22)12-25-20)10-16-18(23)6-4-7-19(16)24/h3-7,11-12H,1,8-10H2,2H3,(H,28,29)(H,25,26,27)/b15-5-. The second-order valence-corrected chi connectivity index (χ2v) is 7.00. The number of pyridine rings is 1. The predicted octanol–water partition coefficient (Wildman–Crippen LogP) is 5.48. The van der Waals surface area contributed by atoms with Crippen molar-refractivity contribution in [2.24, 2.45) is 4.99 Å². The largest absolute Gasteiger partial charge is 0.481 e. The van der Waals surface area contributed by atoms with Crippen LogP contribution in [-0.2, 0) is 11.2 Å². The molecule has 0 aliphatic carbocycles. The van der Waals surface area contributed by atoms with E-state index in [2.05, 4.69) is 37.8 Å². The molecule has 0 spiro atoms. The highest BCUT2D eigenvalue weighted by atomic mass is 79.9. The predicted molar refractivity (Wildman–Crippen MR) is 113 cm³/mol. The van der Waals surface area contributed by atoms with E-state index in [0.29, 0.717) is 27.4 Å². The van der Waals surface area contributed by atoms with Crippen LogP contribution in [0.25, 0.3) is 0 Å². The van der Waals surface area contributed by atoms with Gasteiger partial charge in [0.15, 0.2) is 0 Å². The second kappa shape index (κ2) is 10.6. The summed E-state index contributed by atoms with van der Waals surface area (Å²) in [6.45, 7) is 5.31. The number of rotatable bonds is 8. The number of allylic oxidation sites excluding steroid dienone is 3. The van der Waals surface area contributed by atoms with Gasteiger partial charge in [-0.25, -0.2) is 18.8 Å². The second-order valence-electron chi connectivity index (χ2n) is 6.15. The number of nitrogens with zero attached hydrogens (tertiary/aromatic N) is 2. The number of amidine groups is 1.